The summed E-state index contributed by atoms with van der Waals surface area (Å²) in [7, 11) is 0. The number of likely N-dealkylation sites (tertiary alicyclic amines) is 1. The number of carbonyl (C=O) groups excluding carboxylic acids is 1. The zero-order valence-corrected chi connectivity index (χ0v) is 16.0. The fourth-order valence-corrected chi connectivity index (χ4v) is 3.76. The quantitative estimate of drug-likeness (QED) is 0.609. The number of benzene rings is 3. The van der Waals surface area contributed by atoms with Gasteiger partial charge in [0.25, 0.3) is 0 Å². The lowest BCUT2D eigenvalue weighted by Crippen LogP contribution is -2.31. The molecule has 0 aliphatic carbocycles. The molecule has 28 heavy (non-hydrogen) atoms. The zero-order chi connectivity index (χ0) is 19.2. The lowest BCUT2D eigenvalue weighted by molar-refractivity contribution is -0.130. The molecule has 0 saturated carbocycles. The fraction of sp³-hybridized carbons (Fsp3) is 0.292. The Labute approximate surface area is 166 Å². The van der Waals surface area contributed by atoms with Gasteiger partial charge in [-0.3, -0.25) is 4.79 Å². The summed E-state index contributed by atoms with van der Waals surface area (Å²) in [5.74, 6) is 1.11. The Morgan fingerprint density at radius 1 is 1.00 bits per heavy atom. The first-order valence-corrected chi connectivity index (χ1v) is 9.99. The van der Waals surface area contributed by atoms with Gasteiger partial charge in [0.05, 0.1) is 6.61 Å². The normalized spacial score (nSPS) is 16.3. The minimum Gasteiger partial charge on any atom is -0.493 e. The minimum absolute atomic E-state index is 0.221. The van der Waals surface area contributed by atoms with Crippen LogP contribution in [0, 0.1) is 0 Å². The molecule has 3 aromatic rings. The molecule has 144 valence electrons. The van der Waals surface area contributed by atoms with Gasteiger partial charge in [-0.05, 0) is 36.4 Å². The summed E-state index contributed by atoms with van der Waals surface area (Å²) in [5, 5.41) is 5.80. The van der Waals surface area contributed by atoms with E-state index in [0.29, 0.717) is 19.1 Å². The van der Waals surface area contributed by atoms with E-state index >= 15 is 0 Å². The van der Waals surface area contributed by atoms with Crippen LogP contribution in [0.4, 0.5) is 5.69 Å². The summed E-state index contributed by atoms with van der Waals surface area (Å²) in [6, 6.07) is 24.8. The molecule has 1 heterocycles. The lowest BCUT2D eigenvalue weighted by atomic mass is 10.1. The number of amides is 1. The summed E-state index contributed by atoms with van der Waals surface area (Å²) < 4.78 is 5.95. The Bertz CT molecular complexity index is 921. The first-order valence-electron chi connectivity index (χ1n) is 9.99. The first-order chi connectivity index (χ1) is 13.8. The van der Waals surface area contributed by atoms with Gasteiger partial charge in [0.15, 0.2) is 0 Å². The van der Waals surface area contributed by atoms with Crippen LogP contribution in [0.1, 0.15) is 19.3 Å². The molecule has 1 N–H and O–H groups in total. The van der Waals surface area contributed by atoms with Crippen LogP contribution in [0.15, 0.2) is 72.8 Å². The lowest BCUT2D eigenvalue weighted by Gasteiger charge is -2.18. The van der Waals surface area contributed by atoms with Crippen molar-refractivity contribution in [2.75, 3.05) is 25.0 Å². The summed E-state index contributed by atoms with van der Waals surface area (Å²) in [5.41, 5.74) is 1.12. The van der Waals surface area contributed by atoms with Crippen LogP contribution in [0.2, 0.25) is 0 Å². The van der Waals surface area contributed by atoms with E-state index < -0.39 is 0 Å². The summed E-state index contributed by atoms with van der Waals surface area (Å²) >= 11 is 0. The van der Waals surface area contributed by atoms with Crippen LogP contribution in [-0.4, -0.2) is 36.5 Å². The molecule has 0 bridgehead atoms. The summed E-state index contributed by atoms with van der Waals surface area (Å²) in [6.45, 7) is 2.16. The van der Waals surface area contributed by atoms with Crippen molar-refractivity contribution >= 4 is 22.4 Å². The maximum absolute atomic E-state index is 12.5. The van der Waals surface area contributed by atoms with Crippen molar-refractivity contribution in [1.82, 2.24) is 4.90 Å². The van der Waals surface area contributed by atoms with Crippen molar-refractivity contribution in [3.05, 3.63) is 72.8 Å². The molecule has 0 spiro atoms. The Balaban J connectivity index is 1.22. The first kappa shape index (κ1) is 18.4. The second-order valence-corrected chi connectivity index (χ2v) is 7.27. The van der Waals surface area contributed by atoms with Crippen molar-refractivity contribution in [3.63, 3.8) is 0 Å². The number of fused-ring (bicyclic) bond motifs is 1. The number of ether oxygens (including phenoxy) is 1. The second-order valence-electron chi connectivity index (χ2n) is 7.27. The number of para-hydroxylation sites is 1. The highest BCUT2D eigenvalue weighted by molar-refractivity contribution is 5.88. The average molecular weight is 374 g/mol. The van der Waals surface area contributed by atoms with Gasteiger partial charge in [-0.25, -0.2) is 0 Å². The third kappa shape index (κ3) is 4.45. The van der Waals surface area contributed by atoms with E-state index in [1.54, 1.807) is 0 Å². The molecule has 1 amide bonds. The van der Waals surface area contributed by atoms with E-state index in [2.05, 4.69) is 35.6 Å². The number of carbonyl (C=O) groups is 1. The van der Waals surface area contributed by atoms with E-state index in [9.17, 15) is 4.79 Å². The molecular formula is C24H26N2O2. The predicted molar refractivity (Wildman–Crippen MR) is 114 cm³/mol. The van der Waals surface area contributed by atoms with Crippen LogP contribution in [-0.2, 0) is 4.79 Å². The maximum atomic E-state index is 12.5. The minimum atomic E-state index is 0.221. The smallest absolute Gasteiger partial charge is 0.222 e. The van der Waals surface area contributed by atoms with Crippen molar-refractivity contribution in [2.24, 2.45) is 0 Å². The standard InChI is InChI=1S/C24H26N2O2/c27-24(26-16-15-21(18-26)25-20-10-2-1-3-11-20)14-7-17-28-23-13-6-9-19-8-4-5-12-22(19)23/h1-6,8-13,21,25H,7,14-18H2. The summed E-state index contributed by atoms with van der Waals surface area (Å²) in [4.78, 5) is 14.5. The molecule has 1 atom stereocenters. The van der Waals surface area contributed by atoms with Crippen molar-refractivity contribution in [3.8, 4) is 5.75 Å². The Kier molecular flexibility index (Phi) is 5.76. The van der Waals surface area contributed by atoms with E-state index in [0.717, 1.165) is 42.8 Å². The highest BCUT2D eigenvalue weighted by atomic mass is 16.5. The fourth-order valence-electron chi connectivity index (χ4n) is 3.76. The van der Waals surface area contributed by atoms with Gasteiger partial charge in [-0.1, -0.05) is 54.6 Å². The van der Waals surface area contributed by atoms with E-state index in [1.165, 1.54) is 5.39 Å². The highest BCUT2D eigenvalue weighted by Crippen LogP contribution is 2.25. The van der Waals surface area contributed by atoms with Crippen molar-refractivity contribution in [1.29, 1.82) is 0 Å². The van der Waals surface area contributed by atoms with Gasteiger partial charge in [0.2, 0.25) is 5.91 Å². The van der Waals surface area contributed by atoms with E-state index in [-0.39, 0.29) is 5.91 Å². The van der Waals surface area contributed by atoms with Crippen LogP contribution in [0.5, 0.6) is 5.75 Å². The van der Waals surface area contributed by atoms with Crippen LogP contribution in [0.25, 0.3) is 10.8 Å². The van der Waals surface area contributed by atoms with Crippen molar-refractivity contribution < 1.29 is 9.53 Å². The molecular weight excluding hydrogens is 348 g/mol. The van der Waals surface area contributed by atoms with Gasteiger partial charge >= 0.3 is 0 Å². The van der Waals surface area contributed by atoms with Crippen LogP contribution in [0.3, 0.4) is 0 Å². The molecule has 1 aliphatic heterocycles. The molecule has 4 rings (SSSR count). The van der Waals surface area contributed by atoms with Crippen LogP contribution < -0.4 is 10.1 Å². The molecule has 4 heteroatoms. The summed E-state index contributed by atoms with van der Waals surface area (Å²) in [6.07, 6.45) is 2.26. The van der Waals surface area contributed by atoms with E-state index in [1.807, 2.05) is 47.4 Å². The Morgan fingerprint density at radius 2 is 1.79 bits per heavy atom. The SMILES string of the molecule is O=C(CCCOc1cccc2ccccc12)N1CCC(Nc2ccccc2)C1. The zero-order valence-electron chi connectivity index (χ0n) is 16.0. The third-order valence-electron chi connectivity index (χ3n) is 5.23. The molecule has 0 radical (unpaired) electrons. The molecule has 1 fully saturated rings. The van der Waals surface area contributed by atoms with E-state index in [4.69, 9.17) is 4.74 Å². The number of hydrogen-bond acceptors (Lipinski definition) is 3. The molecule has 1 aliphatic rings. The molecule has 0 aromatic heterocycles. The number of nitrogens with zero attached hydrogens (tertiary/aromatic N) is 1. The van der Waals surface area contributed by atoms with Gasteiger partial charge in [-0.15, -0.1) is 0 Å². The van der Waals surface area contributed by atoms with Crippen molar-refractivity contribution in [2.45, 2.75) is 25.3 Å². The molecule has 1 unspecified atom stereocenters. The molecule has 4 nitrogen and oxygen atoms in total. The number of nitrogens with one attached hydrogen (secondary N) is 1. The maximum Gasteiger partial charge on any atom is 0.222 e. The monoisotopic (exact) mass is 374 g/mol. The largest absolute Gasteiger partial charge is 0.493 e. The average Bonchev–Trinajstić information content (AvgIpc) is 3.20. The third-order valence-corrected chi connectivity index (χ3v) is 5.23. The molecule has 1 saturated heterocycles. The Morgan fingerprint density at radius 3 is 2.68 bits per heavy atom. The van der Waals surface area contributed by atoms with Gasteiger partial charge in [0.1, 0.15) is 5.75 Å². The number of rotatable bonds is 7. The second kappa shape index (κ2) is 8.79. The highest BCUT2D eigenvalue weighted by Gasteiger charge is 2.25. The van der Waals surface area contributed by atoms with Crippen LogP contribution >= 0.6 is 0 Å². The topological polar surface area (TPSA) is 41.6 Å². The number of hydrogen-bond donors (Lipinski definition) is 1. The van der Waals surface area contributed by atoms with Gasteiger partial charge in [-0.2, -0.15) is 0 Å². The number of anilines is 1. The molecule has 3 aromatic carbocycles. The van der Waals surface area contributed by atoms with Gasteiger partial charge < -0.3 is 15.0 Å². The van der Waals surface area contributed by atoms with Gasteiger partial charge in [0, 0.05) is 36.6 Å². The predicted octanol–water partition coefficient (Wildman–Crippen LogP) is 4.71. The Hall–Kier alpha value is -3.01.